The summed E-state index contributed by atoms with van der Waals surface area (Å²) < 4.78 is 15.7. The Balaban J connectivity index is 0.000000265. The molecule has 2 N–H and O–H groups in total. The second-order valence-corrected chi connectivity index (χ2v) is 11.7. The summed E-state index contributed by atoms with van der Waals surface area (Å²) in [5, 5.41) is 26.3. The summed E-state index contributed by atoms with van der Waals surface area (Å²) in [5.74, 6) is -1.58. The van der Waals surface area contributed by atoms with Crippen LogP contribution in [0.15, 0.2) is 115 Å². The van der Waals surface area contributed by atoms with Gasteiger partial charge >= 0.3 is 17.9 Å². The average Bonchev–Trinajstić information content (AvgIpc) is 3.14. The Morgan fingerprint density at radius 1 is 0.679 bits per heavy atom. The third kappa shape index (κ3) is 9.38. The number of carboxylic acid groups (broad SMARTS) is 1. The van der Waals surface area contributed by atoms with E-state index in [0.717, 1.165) is 38.2 Å². The summed E-state index contributed by atoms with van der Waals surface area (Å²) in [6, 6.07) is 33.2. The molecule has 12 heteroatoms. The second kappa shape index (κ2) is 16.8. The number of carbonyl (C=O) groups is 4. The minimum absolute atomic E-state index is 0.0124. The highest BCUT2D eigenvalue weighted by molar-refractivity contribution is 6.02. The molecule has 0 aliphatic heterocycles. The molecule has 6 aromatic carbocycles. The number of nitrogens with one attached hydrogen (secondary N) is 1. The van der Waals surface area contributed by atoms with Gasteiger partial charge in [-0.2, -0.15) is 0 Å². The van der Waals surface area contributed by atoms with Crippen LogP contribution in [0.3, 0.4) is 0 Å². The van der Waals surface area contributed by atoms with Gasteiger partial charge in [0.25, 0.3) is 11.6 Å². The zero-order valence-corrected chi connectivity index (χ0v) is 29.0. The fourth-order valence-corrected chi connectivity index (χ4v) is 5.58. The first-order chi connectivity index (χ1) is 25.4. The number of esters is 2. The third-order valence-corrected chi connectivity index (χ3v) is 8.03. The number of nitrogens with zero attached hydrogens (tertiary/aromatic N) is 1. The van der Waals surface area contributed by atoms with Gasteiger partial charge in [0.2, 0.25) is 0 Å². The Morgan fingerprint density at radius 2 is 1.19 bits per heavy atom. The van der Waals surface area contributed by atoms with Gasteiger partial charge in [-0.25, -0.2) is 4.79 Å². The molecule has 53 heavy (non-hydrogen) atoms. The lowest BCUT2D eigenvalue weighted by atomic mass is 10.00. The van der Waals surface area contributed by atoms with E-state index in [4.69, 9.17) is 19.3 Å². The molecule has 6 aromatic rings. The molecule has 0 aliphatic rings. The van der Waals surface area contributed by atoms with Gasteiger partial charge in [-0.05, 0) is 87.6 Å². The number of hydrogen-bond donors (Lipinski definition) is 2. The van der Waals surface area contributed by atoms with E-state index >= 15 is 0 Å². The molecule has 0 bridgehead atoms. The number of rotatable bonds is 10. The van der Waals surface area contributed by atoms with Crippen LogP contribution in [-0.4, -0.2) is 47.5 Å². The van der Waals surface area contributed by atoms with Crippen LogP contribution >= 0.6 is 0 Å². The maximum Gasteiger partial charge on any atom is 0.339 e. The zero-order chi connectivity index (χ0) is 38.1. The molecule has 0 spiro atoms. The fraction of sp³-hybridized carbons (Fsp3) is 0.122. The first kappa shape index (κ1) is 37.2. The number of hydrogen-bond acceptors (Lipinski definition) is 9. The van der Waals surface area contributed by atoms with Crippen molar-refractivity contribution in [1.82, 2.24) is 5.32 Å². The standard InChI is InChI=1S/C28H24N2O6.C13H10O4/c1-18(31)36-27-17-22-6-4-3-5-21(22)16-25(27)28(32)29-14-13-19-7-12-26(35-2)24(15-19)20-8-10-23(11-9-20)30(33)34;1-8(14)17-12-7-10-5-3-2-4-9(10)6-11(12)13(15)16/h3-12,15-17H,13-14H2,1-2H3,(H,29,32);2-7H,1H3,(H,15,16). The summed E-state index contributed by atoms with van der Waals surface area (Å²) in [6.45, 7) is 2.88. The van der Waals surface area contributed by atoms with Crippen molar-refractivity contribution < 1.29 is 43.4 Å². The number of methoxy groups -OCH3 is 1. The topological polar surface area (TPSA) is 171 Å². The summed E-state index contributed by atoms with van der Waals surface area (Å²) in [6.07, 6.45) is 0.534. The highest BCUT2D eigenvalue weighted by Gasteiger charge is 2.17. The van der Waals surface area contributed by atoms with Crippen LogP contribution in [0.25, 0.3) is 32.7 Å². The Kier molecular flexibility index (Phi) is 11.8. The lowest BCUT2D eigenvalue weighted by Crippen LogP contribution is -2.26. The first-order valence-corrected chi connectivity index (χ1v) is 16.3. The maximum absolute atomic E-state index is 13.0. The lowest BCUT2D eigenvalue weighted by molar-refractivity contribution is -0.384. The van der Waals surface area contributed by atoms with E-state index in [1.54, 1.807) is 43.5 Å². The summed E-state index contributed by atoms with van der Waals surface area (Å²) in [7, 11) is 1.56. The van der Waals surface area contributed by atoms with Crippen molar-refractivity contribution in [2.75, 3.05) is 13.7 Å². The number of aromatic carboxylic acids is 1. The van der Waals surface area contributed by atoms with Gasteiger partial charge in [0.05, 0.1) is 17.6 Å². The molecule has 0 aromatic heterocycles. The average molecular weight is 715 g/mol. The molecule has 6 rings (SSSR count). The molecule has 1 amide bonds. The minimum Gasteiger partial charge on any atom is -0.496 e. The monoisotopic (exact) mass is 714 g/mol. The van der Waals surface area contributed by atoms with E-state index in [1.807, 2.05) is 60.7 Å². The van der Waals surface area contributed by atoms with Gasteiger partial charge in [-0.3, -0.25) is 24.5 Å². The molecule has 0 saturated heterocycles. The van der Waals surface area contributed by atoms with Gasteiger partial charge in [0.1, 0.15) is 22.8 Å². The van der Waals surface area contributed by atoms with Gasteiger partial charge in [-0.1, -0.05) is 54.6 Å². The van der Waals surface area contributed by atoms with Crippen molar-refractivity contribution >= 4 is 51.0 Å². The molecule has 0 radical (unpaired) electrons. The fourth-order valence-electron chi connectivity index (χ4n) is 5.58. The van der Waals surface area contributed by atoms with Crippen molar-refractivity contribution in [2.45, 2.75) is 20.3 Å². The van der Waals surface area contributed by atoms with Crippen LogP contribution in [0.2, 0.25) is 0 Å². The van der Waals surface area contributed by atoms with Gasteiger partial charge in [0, 0.05) is 38.1 Å². The Hall–Kier alpha value is -7.08. The van der Waals surface area contributed by atoms with Crippen LogP contribution in [-0.2, 0) is 16.0 Å². The van der Waals surface area contributed by atoms with Crippen molar-refractivity contribution in [1.29, 1.82) is 0 Å². The molecule has 268 valence electrons. The highest BCUT2D eigenvalue weighted by atomic mass is 16.6. The summed E-state index contributed by atoms with van der Waals surface area (Å²) >= 11 is 0. The van der Waals surface area contributed by atoms with Gasteiger partial charge in [-0.15, -0.1) is 0 Å². The second-order valence-electron chi connectivity index (χ2n) is 11.7. The Labute approximate surface area is 303 Å². The van der Waals surface area contributed by atoms with Crippen LogP contribution in [0.4, 0.5) is 5.69 Å². The Morgan fingerprint density at radius 3 is 1.68 bits per heavy atom. The SMILES string of the molecule is CC(=O)Oc1cc2ccccc2cc1C(=O)O.COc1ccc(CCNC(=O)c2cc3ccccc3cc2OC(C)=O)cc1-c1ccc([N+](=O)[O-])cc1. The summed E-state index contributed by atoms with van der Waals surface area (Å²) in [4.78, 5) is 57.0. The number of carbonyl (C=O) groups excluding carboxylic acids is 3. The van der Waals surface area contributed by atoms with Crippen LogP contribution < -0.4 is 19.5 Å². The normalized spacial score (nSPS) is 10.5. The van der Waals surface area contributed by atoms with Crippen molar-refractivity contribution in [3.8, 4) is 28.4 Å². The van der Waals surface area contributed by atoms with E-state index in [9.17, 15) is 29.3 Å². The van der Waals surface area contributed by atoms with E-state index in [0.29, 0.717) is 18.7 Å². The molecule has 0 unspecified atom stereocenters. The van der Waals surface area contributed by atoms with E-state index in [2.05, 4.69) is 5.32 Å². The first-order valence-electron chi connectivity index (χ1n) is 16.3. The van der Waals surface area contributed by atoms with Crippen LogP contribution in [0.5, 0.6) is 17.2 Å². The zero-order valence-electron chi connectivity index (χ0n) is 29.0. The molecule has 0 heterocycles. The quantitative estimate of drug-likeness (QED) is 0.0618. The van der Waals surface area contributed by atoms with Crippen molar-refractivity contribution in [2.24, 2.45) is 0 Å². The predicted molar refractivity (Wildman–Crippen MR) is 199 cm³/mol. The van der Waals surface area contributed by atoms with Crippen LogP contribution in [0.1, 0.15) is 40.1 Å². The van der Waals surface area contributed by atoms with Crippen molar-refractivity contribution in [3.05, 3.63) is 142 Å². The highest BCUT2D eigenvalue weighted by Crippen LogP contribution is 2.32. The van der Waals surface area contributed by atoms with E-state index in [1.165, 1.54) is 32.0 Å². The molecule has 12 nitrogen and oxygen atoms in total. The molecule has 0 saturated carbocycles. The Bertz CT molecular complexity index is 2350. The summed E-state index contributed by atoms with van der Waals surface area (Å²) in [5.41, 5.74) is 2.80. The van der Waals surface area contributed by atoms with E-state index < -0.39 is 22.8 Å². The lowest BCUT2D eigenvalue weighted by Gasteiger charge is -2.13. The van der Waals surface area contributed by atoms with Gasteiger partial charge in [0.15, 0.2) is 0 Å². The largest absolute Gasteiger partial charge is 0.496 e. The van der Waals surface area contributed by atoms with Crippen LogP contribution in [0, 0.1) is 10.1 Å². The smallest absolute Gasteiger partial charge is 0.339 e. The van der Waals surface area contributed by atoms with E-state index in [-0.39, 0.29) is 34.2 Å². The van der Waals surface area contributed by atoms with Gasteiger partial charge < -0.3 is 24.6 Å². The molecule has 0 atom stereocenters. The number of benzene rings is 6. The number of nitro benzene ring substituents is 1. The molecule has 0 aliphatic carbocycles. The molecular formula is C41H34N2O10. The molecular weight excluding hydrogens is 680 g/mol. The maximum atomic E-state index is 13.0. The number of amides is 1. The predicted octanol–water partition coefficient (Wildman–Crippen LogP) is 7.78. The molecule has 0 fully saturated rings. The number of carboxylic acids is 1. The minimum atomic E-state index is -1.12. The number of nitro groups is 1. The number of ether oxygens (including phenoxy) is 3. The third-order valence-electron chi connectivity index (χ3n) is 8.03. The van der Waals surface area contributed by atoms with Crippen molar-refractivity contribution in [3.63, 3.8) is 0 Å². The number of non-ortho nitro benzene ring substituents is 1. The number of fused-ring (bicyclic) bond motifs is 2.